The first kappa shape index (κ1) is 18.3. The maximum atomic E-state index is 12.4. The summed E-state index contributed by atoms with van der Waals surface area (Å²) in [7, 11) is 1.95. The van der Waals surface area contributed by atoms with E-state index in [-0.39, 0.29) is 23.3 Å². The van der Waals surface area contributed by atoms with E-state index in [0.717, 1.165) is 24.5 Å². The summed E-state index contributed by atoms with van der Waals surface area (Å²) < 4.78 is 7.93. The van der Waals surface area contributed by atoms with E-state index in [1.807, 2.05) is 17.8 Å². The number of hydrogen-bond acceptors (Lipinski definition) is 5. The van der Waals surface area contributed by atoms with Crippen molar-refractivity contribution in [2.75, 3.05) is 26.2 Å². The average molecular weight is 359 g/mol. The molecule has 2 aromatic heterocycles. The fraction of sp³-hybridized carbons (Fsp3) is 0.500. The molecule has 2 atom stereocenters. The number of ether oxygens (including phenoxy) is 1. The van der Waals surface area contributed by atoms with Crippen molar-refractivity contribution in [3.8, 4) is 0 Å². The number of rotatable bonds is 5. The highest BCUT2D eigenvalue weighted by atomic mass is 16.5. The molecule has 3 rings (SSSR count). The maximum absolute atomic E-state index is 12.4. The SMILES string of the molecule is CCN1CCO[C@@H](CNC(=O)c2ccc(C)[nH]c2=O)[C@@H]1c1cncn1C. The molecule has 1 amide bonds. The van der Waals surface area contributed by atoms with Gasteiger partial charge in [0.15, 0.2) is 0 Å². The highest BCUT2D eigenvalue weighted by Gasteiger charge is 2.34. The summed E-state index contributed by atoms with van der Waals surface area (Å²) in [6.07, 6.45) is 3.38. The van der Waals surface area contributed by atoms with Crippen molar-refractivity contribution in [1.29, 1.82) is 0 Å². The fourth-order valence-electron chi connectivity index (χ4n) is 3.38. The van der Waals surface area contributed by atoms with Gasteiger partial charge in [-0.05, 0) is 25.6 Å². The van der Waals surface area contributed by atoms with Gasteiger partial charge in [0.05, 0.1) is 30.8 Å². The van der Waals surface area contributed by atoms with Crippen LogP contribution in [-0.2, 0) is 11.8 Å². The molecular formula is C18H25N5O3. The number of carbonyl (C=O) groups is 1. The first-order valence-corrected chi connectivity index (χ1v) is 8.81. The number of imidazole rings is 1. The van der Waals surface area contributed by atoms with Gasteiger partial charge in [0.1, 0.15) is 5.56 Å². The molecule has 1 aliphatic heterocycles. The molecule has 1 saturated heterocycles. The van der Waals surface area contributed by atoms with Crippen molar-refractivity contribution >= 4 is 5.91 Å². The number of morpholine rings is 1. The number of pyridine rings is 1. The number of aromatic nitrogens is 3. The summed E-state index contributed by atoms with van der Waals surface area (Å²) in [6.45, 7) is 6.51. The molecule has 26 heavy (non-hydrogen) atoms. The number of nitrogens with zero attached hydrogens (tertiary/aromatic N) is 3. The molecule has 0 spiro atoms. The molecule has 140 valence electrons. The lowest BCUT2D eigenvalue weighted by Crippen LogP contribution is -2.50. The van der Waals surface area contributed by atoms with Gasteiger partial charge in [-0.2, -0.15) is 0 Å². The zero-order valence-electron chi connectivity index (χ0n) is 15.4. The van der Waals surface area contributed by atoms with Gasteiger partial charge < -0.3 is 19.6 Å². The summed E-state index contributed by atoms with van der Waals surface area (Å²) in [4.78, 5) is 33.5. The Morgan fingerprint density at radius 3 is 2.92 bits per heavy atom. The predicted octanol–water partition coefficient (Wildman–Crippen LogP) is 0.609. The Labute approximate surface area is 152 Å². The number of likely N-dealkylation sites (N-methyl/N-ethyl adjacent to an activating group) is 1. The Morgan fingerprint density at radius 2 is 2.27 bits per heavy atom. The van der Waals surface area contributed by atoms with Gasteiger partial charge in [0.25, 0.3) is 11.5 Å². The molecule has 0 aliphatic carbocycles. The zero-order valence-corrected chi connectivity index (χ0v) is 15.4. The highest BCUT2D eigenvalue weighted by Crippen LogP contribution is 2.28. The lowest BCUT2D eigenvalue weighted by molar-refractivity contribution is -0.0706. The zero-order chi connectivity index (χ0) is 18.7. The highest BCUT2D eigenvalue weighted by molar-refractivity contribution is 5.93. The van der Waals surface area contributed by atoms with Crippen LogP contribution in [0.5, 0.6) is 0 Å². The topological polar surface area (TPSA) is 92.2 Å². The van der Waals surface area contributed by atoms with Crippen LogP contribution in [0.15, 0.2) is 29.5 Å². The number of aromatic amines is 1. The summed E-state index contributed by atoms with van der Waals surface area (Å²) in [6, 6.07) is 3.25. The Kier molecular flexibility index (Phi) is 5.53. The second-order valence-electron chi connectivity index (χ2n) is 6.51. The number of nitrogens with one attached hydrogen (secondary N) is 2. The van der Waals surface area contributed by atoms with Crippen LogP contribution in [-0.4, -0.2) is 57.7 Å². The normalized spacial score (nSPS) is 20.9. The number of amides is 1. The van der Waals surface area contributed by atoms with E-state index in [4.69, 9.17) is 4.74 Å². The van der Waals surface area contributed by atoms with Crippen LogP contribution < -0.4 is 10.9 Å². The fourth-order valence-corrected chi connectivity index (χ4v) is 3.38. The Bertz CT molecular complexity index is 828. The molecule has 8 heteroatoms. The van der Waals surface area contributed by atoms with E-state index in [2.05, 4.69) is 27.1 Å². The molecule has 0 bridgehead atoms. The van der Waals surface area contributed by atoms with Crippen molar-refractivity contribution in [1.82, 2.24) is 24.8 Å². The lowest BCUT2D eigenvalue weighted by atomic mass is 10.0. The molecule has 3 heterocycles. The summed E-state index contributed by atoms with van der Waals surface area (Å²) in [5.74, 6) is -0.396. The van der Waals surface area contributed by atoms with Crippen molar-refractivity contribution in [3.63, 3.8) is 0 Å². The van der Waals surface area contributed by atoms with E-state index in [1.165, 1.54) is 0 Å². The second kappa shape index (κ2) is 7.84. The minimum absolute atomic E-state index is 0.00199. The number of aryl methyl sites for hydroxylation is 2. The van der Waals surface area contributed by atoms with Crippen molar-refractivity contribution in [3.05, 3.63) is 52.0 Å². The van der Waals surface area contributed by atoms with Crippen LogP contribution in [0.4, 0.5) is 0 Å². The summed E-state index contributed by atoms with van der Waals surface area (Å²) in [5, 5.41) is 2.84. The van der Waals surface area contributed by atoms with E-state index in [0.29, 0.717) is 13.2 Å². The van der Waals surface area contributed by atoms with E-state index >= 15 is 0 Å². The Balaban J connectivity index is 1.75. The molecule has 0 aromatic carbocycles. The molecule has 1 fully saturated rings. The minimum atomic E-state index is -0.396. The monoisotopic (exact) mass is 359 g/mol. The van der Waals surface area contributed by atoms with Gasteiger partial charge in [0.2, 0.25) is 0 Å². The molecule has 0 unspecified atom stereocenters. The molecular weight excluding hydrogens is 334 g/mol. The van der Waals surface area contributed by atoms with Gasteiger partial charge >= 0.3 is 0 Å². The smallest absolute Gasteiger partial charge is 0.260 e. The third-order valence-corrected chi connectivity index (χ3v) is 4.78. The van der Waals surface area contributed by atoms with Gasteiger partial charge in [-0.15, -0.1) is 0 Å². The van der Waals surface area contributed by atoms with E-state index < -0.39 is 5.91 Å². The standard InChI is InChI=1S/C18H25N5O3/c1-4-23-7-8-26-15(16(23)14-9-19-11-22(14)3)10-20-17(24)13-6-5-12(2)21-18(13)25/h5-6,9,11,15-16H,4,7-8,10H2,1-3H3,(H,20,24)(H,21,25)/t15-,16-/m0/s1. The third-order valence-electron chi connectivity index (χ3n) is 4.78. The number of carbonyl (C=O) groups excluding carboxylic acids is 1. The van der Waals surface area contributed by atoms with Crippen molar-refractivity contribution in [2.45, 2.75) is 26.0 Å². The predicted molar refractivity (Wildman–Crippen MR) is 97.1 cm³/mol. The van der Waals surface area contributed by atoms with Gasteiger partial charge in [-0.25, -0.2) is 4.98 Å². The van der Waals surface area contributed by atoms with Crippen molar-refractivity contribution in [2.24, 2.45) is 7.05 Å². The van der Waals surface area contributed by atoms with Crippen molar-refractivity contribution < 1.29 is 9.53 Å². The minimum Gasteiger partial charge on any atom is -0.373 e. The third kappa shape index (κ3) is 3.71. The summed E-state index contributed by atoms with van der Waals surface area (Å²) >= 11 is 0. The molecule has 2 aromatic rings. The van der Waals surface area contributed by atoms with Gasteiger partial charge in [-0.3, -0.25) is 14.5 Å². The van der Waals surface area contributed by atoms with E-state index in [9.17, 15) is 9.59 Å². The van der Waals surface area contributed by atoms with Crippen LogP contribution >= 0.6 is 0 Å². The Morgan fingerprint density at radius 1 is 1.46 bits per heavy atom. The molecule has 2 N–H and O–H groups in total. The van der Waals surface area contributed by atoms with E-state index in [1.54, 1.807) is 25.4 Å². The largest absolute Gasteiger partial charge is 0.373 e. The van der Waals surface area contributed by atoms with Crippen LogP contribution in [0.1, 0.15) is 34.7 Å². The number of H-pyrrole nitrogens is 1. The van der Waals surface area contributed by atoms with Crippen LogP contribution in [0.3, 0.4) is 0 Å². The van der Waals surface area contributed by atoms with Gasteiger partial charge in [0, 0.05) is 32.0 Å². The second-order valence-corrected chi connectivity index (χ2v) is 6.51. The quantitative estimate of drug-likeness (QED) is 0.816. The summed E-state index contributed by atoms with van der Waals surface area (Å²) in [5.41, 5.74) is 1.48. The first-order chi connectivity index (χ1) is 12.5. The van der Waals surface area contributed by atoms with Crippen LogP contribution in [0.2, 0.25) is 0 Å². The molecule has 8 nitrogen and oxygen atoms in total. The van der Waals surface area contributed by atoms with Gasteiger partial charge in [-0.1, -0.05) is 6.92 Å². The molecule has 1 aliphatic rings. The molecule has 0 saturated carbocycles. The number of hydrogen-bond donors (Lipinski definition) is 2. The maximum Gasteiger partial charge on any atom is 0.260 e. The van der Waals surface area contributed by atoms with Crippen LogP contribution in [0.25, 0.3) is 0 Å². The lowest BCUT2D eigenvalue weighted by Gasteiger charge is -2.40. The Hall–Kier alpha value is -2.45. The van der Waals surface area contributed by atoms with Crippen LogP contribution in [0, 0.1) is 6.92 Å². The molecule has 0 radical (unpaired) electrons. The first-order valence-electron chi connectivity index (χ1n) is 8.81. The average Bonchev–Trinajstić information content (AvgIpc) is 3.04.